The van der Waals surface area contributed by atoms with Gasteiger partial charge in [-0.05, 0) is 25.9 Å². The van der Waals surface area contributed by atoms with E-state index in [-0.39, 0.29) is 17.3 Å². The third kappa shape index (κ3) is 7.87. The Kier molecular flexibility index (Phi) is 10.7. The molecule has 210 valence electrons. The standard InChI is InChI=1S/C25H40F2N10O/c26-21(27)20-19(18-30-23(29)31-20)22-32-24(34-25(33-22)37-14-16-38-17-15-37)36-12-10-35(11-13-36)9-7-5-3-1-2-4-6-8-28/h18,21H,1-17,28H2,(H2,29,30,31). The van der Waals surface area contributed by atoms with E-state index in [0.29, 0.717) is 38.2 Å². The number of piperazine rings is 1. The molecular formula is C25H40F2N10O. The van der Waals surface area contributed by atoms with Gasteiger partial charge in [0.15, 0.2) is 5.82 Å². The maximum atomic E-state index is 13.8. The highest BCUT2D eigenvalue weighted by molar-refractivity contribution is 5.61. The monoisotopic (exact) mass is 534 g/mol. The van der Waals surface area contributed by atoms with E-state index < -0.39 is 12.1 Å². The maximum absolute atomic E-state index is 13.8. The molecule has 2 saturated heterocycles. The Balaban J connectivity index is 1.41. The highest BCUT2D eigenvalue weighted by Crippen LogP contribution is 2.30. The number of aromatic nitrogens is 5. The number of halogens is 2. The first kappa shape index (κ1) is 28.2. The summed E-state index contributed by atoms with van der Waals surface area (Å²) in [7, 11) is 0. The Morgan fingerprint density at radius 2 is 1.39 bits per heavy atom. The zero-order valence-corrected chi connectivity index (χ0v) is 22.1. The summed E-state index contributed by atoms with van der Waals surface area (Å²) in [6.07, 6.45) is 7.07. The molecule has 4 heterocycles. The lowest BCUT2D eigenvalue weighted by Crippen LogP contribution is -2.47. The number of nitrogen functional groups attached to an aromatic ring is 1. The average molecular weight is 535 g/mol. The van der Waals surface area contributed by atoms with Crippen LogP contribution in [0, 0.1) is 0 Å². The van der Waals surface area contributed by atoms with Crippen molar-refractivity contribution < 1.29 is 13.5 Å². The number of morpholine rings is 1. The fourth-order valence-electron chi connectivity index (χ4n) is 4.80. The summed E-state index contributed by atoms with van der Waals surface area (Å²) >= 11 is 0. The number of anilines is 3. The molecule has 2 aliphatic heterocycles. The molecule has 2 aromatic heterocycles. The summed E-state index contributed by atoms with van der Waals surface area (Å²) in [4.78, 5) is 28.1. The molecule has 0 radical (unpaired) electrons. The SMILES string of the molecule is NCCCCCCCCCN1CCN(c2nc(-c3cnc(N)nc3C(F)F)nc(N3CCOCC3)n2)CC1. The molecule has 2 fully saturated rings. The Morgan fingerprint density at radius 1 is 0.789 bits per heavy atom. The van der Waals surface area contributed by atoms with Crippen LogP contribution < -0.4 is 21.3 Å². The lowest BCUT2D eigenvalue weighted by atomic mass is 10.1. The third-order valence-corrected chi connectivity index (χ3v) is 7.02. The first-order valence-electron chi connectivity index (χ1n) is 13.7. The Hall–Kier alpha value is -2.77. The molecule has 2 aromatic rings. The van der Waals surface area contributed by atoms with Gasteiger partial charge < -0.3 is 26.0 Å². The van der Waals surface area contributed by atoms with Gasteiger partial charge in [0.1, 0.15) is 5.69 Å². The van der Waals surface area contributed by atoms with Crippen molar-refractivity contribution >= 4 is 17.8 Å². The molecule has 0 atom stereocenters. The summed E-state index contributed by atoms with van der Waals surface area (Å²) < 4.78 is 33.1. The second-order valence-corrected chi connectivity index (χ2v) is 9.78. The van der Waals surface area contributed by atoms with Crippen molar-refractivity contribution in [3.8, 4) is 11.4 Å². The number of nitrogens with two attached hydrogens (primary N) is 2. The normalized spacial score (nSPS) is 16.9. The van der Waals surface area contributed by atoms with Crippen LogP contribution in [0.3, 0.4) is 0 Å². The smallest absolute Gasteiger partial charge is 0.281 e. The molecule has 4 rings (SSSR count). The first-order valence-corrected chi connectivity index (χ1v) is 13.7. The van der Waals surface area contributed by atoms with E-state index in [0.717, 1.165) is 45.7 Å². The predicted octanol–water partition coefficient (Wildman–Crippen LogP) is 2.50. The zero-order valence-electron chi connectivity index (χ0n) is 22.1. The molecule has 13 heteroatoms. The van der Waals surface area contributed by atoms with E-state index in [2.05, 4.69) is 29.7 Å². The van der Waals surface area contributed by atoms with Crippen LogP contribution in [0.1, 0.15) is 57.1 Å². The lowest BCUT2D eigenvalue weighted by molar-refractivity contribution is 0.122. The van der Waals surface area contributed by atoms with Crippen LogP contribution in [0.4, 0.5) is 26.6 Å². The van der Waals surface area contributed by atoms with Crippen molar-refractivity contribution in [3.63, 3.8) is 0 Å². The van der Waals surface area contributed by atoms with Gasteiger partial charge in [0.05, 0.1) is 18.8 Å². The summed E-state index contributed by atoms with van der Waals surface area (Å²) in [6.45, 7) is 7.52. The number of hydrogen-bond donors (Lipinski definition) is 2. The largest absolute Gasteiger partial charge is 0.378 e. The van der Waals surface area contributed by atoms with Crippen LogP contribution in [0.25, 0.3) is 11.4 Å². The molecule has 0 aliphatic carbocycles. The topological polar surface area (TPSA) is 135 Å². The molecule has 0 saturated carbocycles. The van der Waals surface area contributed by atoms with E-state index in [1.165, 1.54) is 44.7 Å². The van der Waals surface area contributed by atoms with Crippen molar-refractivity contribution in [1.29, 1.82) is 0 Å². The van der Waals surface area contributed by atoms with Gasteiger partial charge in [-0.25, -0.2) is 18.7 Å². The van der Waals surface area contributed by atoms with E-state index in [4.69, 9.17) is 21.2 Å². The average Bonchev–Trinajstić information content (AvgIpc) is 2.95. The highest BCUT2D eigenvalue weighted by Gasteiger charge is 2.26. The number of alkyl halides is 2. The van der Waals surface area contributed by atoms with Crippen LogP contribution in [-0.2, 0) is 4.74 Å². The Bertz CT molecular complexity index is 1000. The van der Waals surface area contributed by atoms with E-state index in [9.17, 15) is 8.78 Å². The van der Waals surface area contributed by atoms with Crippen molar-refractivity contribution in [1.82, 2.24) is 29.8 Å². The van der Waals surface area contributed by atoms with E-state index in [1.807, 2.05) is 4.90 Å². The fraction of sp³-hybridized carbons (Fsp3) is 0.720. The molecule has 4 N–H and O–H groups in total. The molecule has 0 unspecified atom stereocenters. The van der Waals surface area contributed by atoms with Crippen molar-refractivity contribution in [2.75, 3.05) is 81.1 Å². The van der Waals surface area contributed by atoms with E-state index >= 15 is 0 Å². The van der Waals surface area contributed by atoms with Crippen molar-refractivity contribution in [3.05, 3.63) is 11.9 Å². The molecule has 11 nitrogen and oxygen atoms in total. The molecule has 0 bridgehead atoms. The van der Waals surface area contributed by atoms with Crippen LogP contribution in [0.5, 0.6) is 0 Å². The van der Waals surface area contributed by atoms with Gasteiger partial charge in [-0.3, -0.25) is 4.90 Å². The van der Waals surface area contributed by atoms with Gasteiger partial charge in [0.2, 0.25) is 17.8 Å². The van der Waals surface area contributed by atoms with Gasteiger partial charge in [-0.1, -0.05) is 32.1 Å². The first-order chi connectivity index (χ1) is 18.5. The van der Waals surface area contributed by atoms with Gasteiger partial charge in [0, 0.05) is 45.5 Å². The minimum Gasteiger partial charge on any atom is -0.378 e. The fourth-order valence-corrected chi connectivity index (χ4v) is 4.80. The number of rotatable bonds is 13. The number of ether oxygens (including phenoxy) is 1. The second-order valence-electron chi connectivity index (χ2n) is 9.78. The molecule has 0 spiro atoms. The van der Waals surface area contributed by atoms with Crippen LogP contribution >= 0.6 is 0 Å². The Labute approximate surface area is 223 Å². The summed E-state index contributed by atoms with van der Waals surface area (Å²) in [5.74, 6) is 0.833. The highest BCUT2D eigenvalue weighted by atomic mass is 19.3. The zero-order chi connectivity index (χ0) is 26.7. The minimum atomic E-state index is -2.84. The molecular weight excluding hydrogens is 494 g/mol. The van der Waals surface area contributed by atoms with Crippen LogP contribution in [-0.4, -0.2) is 95.4 Å². The second kappa shape index (κ2) is 14.4. The Morgan fingerprint density at radius 3 is 2.03 bits per heavy atom. The summed E-state index contributed by atoms with van der Waals surface area (Å²) in [5, 5.41) is 0. The van der Waals surface area contributed by atoms with Gasteiger partial charge in [-0.2, -0.15) is 15.0 Å². The maximum Gasteiger partial charge on any atom is 0.281 e. The molecule has 2 aliphatic rings. The molecule has 38 heavy (non-hydrogen) atoms. The lowest BCUT2D eigenvalue weighted by Gasteiger charge is -2.35. The van der Waals surface area contributed by atoms with E-state index in [1.54, 1.807) is 0 Å². The predicted molar refractivity (Wildman–Crippen MR) is 143 cm³/mol. The summed E-state index contributed by atoms with van der Waals surface area (Å²) in [6, 6.07) is 0. The molecule has 0 aromatic carbocycles. The quantitative estimate of drug-likeness (QED) is 0.367. The van der Waals surface area contributed by atoms with Gasteiger partial charge in [0.25, 0.3) is 6.43 Å². The molecule has 0 amide bonds. The number of unbranched alkanes of at least 4 members (excludes halogenated alkanes) is 6. The van der Waals surface area contributed by atoms with Crippen molar-refractivity contribution in [2.24, 2.45) is 5.73 Å². The van der Waals surface area contributed by atoms with Crippen LogP contribution in [0.2, 0.25) is 0 Å². The van der Waals surface area contributed by atoms with Crippen LogP contribution in [0.15, 0.2) is 6.20 Å². The van der Waals surface area contributed by atoms with Crippen molar-refractivity contribution in [2.45, 2.75) is 51.4 Å². The minimum absolute atomic E-state index is 0.0639. The van der Waals surface area contributed by atoms with Gasteiger partial charge >= 0.3 is 0 Å². The number of hydrogen-bond acceptors (Lipinski definition) is 11. The number of nitrogens with zero attached hydrogens (tertiary/aromatic N) is 8. The third-order valence-electron chi connectivity index (χ3n) is 7.02. The summed E-state index contributed by atoms with van der Waals surface area (Å²) in [5.41, 5.74) is 10.7. The van der Waals surface area contributed by atoms with Gasteiger partial charge in [-0.15, -0.1) is 0 Å².